The van der Waals surface area contributed by atoms with Gasteiger partial charge in [0.25, 0.3) is 0 Å². The molecular weight excluding hydrogens is 833 g/mol. The molecule has 1 heterocycles. The van der Waals surface area contributed by atoms with Crippen LogP contribution in [0.5, 0.6) is 0 Å². The lowest BCUT2D eigenvalue weighted by atomic mass is 9.66. The number of nitrogens with zero attached hydrogens (tertiary/aromatic N) is 2. The van der Waals surface area contributed by atoms with Gasteiger partial charge < -0.3 is 9.80 Å². The van der Waals surface area contributed by atoms with Gasteiger partial charge in [-0.3, -0.25) is 0 Å². The van der Waals surface area contributed by atoms with E-state index in [2.05, 4.69) is 277 Å². The molecule has 0 atom stereocenters. The van der Waals surface area contributed by atoms with Crippen molar-refractivity contribution < 1.29 is 0 Å². The van der Waals surface area contributed by atoms with Gasteiger partial charge in [-0.25, -0.2) is 0 Å². The molecule has 0 unspecified atom stereocenters. The van der Waals surface area contributed by atoms with Crippen LogP contribution in [0.4, 0.5) is 34.1 Å². The van der Waals surface area contributed by atoms with Gasteiger partial charge in [0, 0.05) is 28.2 Å². The summed E-state index contributed by atoms with van der Waals surface area (Å²) in [5.74, 6) is 0. The summed E-state index contributed by atoms with van der Waals surface area (Å²) in [4.78, 5) is 5.02. The van der Waals surface area contributed by atoms with Crippen LogP contribution >= 0.6 is 0 Å². The summed E-state index contributed by atoms with van der Waals surface area (Å²) >= 11 is 0. The number of hydrogen-bond acceptors (Lipinski definition) is 2. The van der Waals surface area contributed by atoms with Gasteiger partial charge in [0.1, 0.15) is 0 Å². The van der Waals surface area contributed by atoms with Crippen molar-refractivity contribution >= 4 is 34.1 Å². The minimum atomic E-state index is -0.632. The van der Waals surface area contributed by atoms with Crippen LogP contribution in [-0.4, -0.2) is 0 Å². The Labute approximate surface area is 403 Å². The number of fused-ring (bicyclic) bond motifs is 17. The molecule has 2 nitrogen and oxygen atoms in total. The predicted octanol–water partition coefficient (Wildman–Crippen LogP) is 18.0. The van der Waals surface area contributed by atoms with Crippen LogP contribution < -0.4 is 9.80 Å². The zero-order chi connectivity index (χ0) is 45.5. The SMILES string of the molecule is c1ccc(-c2cccc(N(c3ccc4c(c3)C3(c5ccccc5-c5ccccc5-c5ccccc53)c3ccccc3-4)c3cccc4c3N(c3ccccc3)c3ccccc3-c3ccccc3-4)c2)cc1. The van der Waals surface area contributed by atoms with Crippen LogP contribution in [-0.2, 0) is 5.41 Å². The van der Waals surface area contributed by atoms with Crippen molar-refractivity contribution in [3.05, 3.63) is 289 Å². The molecule has 0 radical (unpaired) electrons. The van der Waals surface area contributed by atoms with Crippen LogP contribution in [0.25, 0.3) is 66.8 Å². The molecule has 2 aliphatic carbocycles. The quantitative estimate of drug-likeness (QED) is 0.170. The molecule has 322 valence electrons. The third kappa shape index (κ3) is 5.79. The second-order valence-corrected chi connectivity index (χ2v) is 18.3. The van der Waals surface area contributed by atoms with Crippen molar-refractivity contribution in [2.45, 2.75) is 5.41 Å². The molecule has 0 aromatic heterocycles. The van der Waals surface area contributed by atoms with E-state index in [0.717, 1.165) is 39.7 Å². The van der Waals surface area contributed by atoms with E-state index in [1.54, 1.807) is 0 Å². The Bertz CT molecular complexity index is 3750. The maximum atomic E-state index is 2.53. The number of anilines is 6. The average Bonchev–Trinajstić information content (AvgIpc) is 3.57. The molecule has 0 saturated heterocycles. The van der Waals surface area contributed by atoms with E-state index in [1.165, 1.54) is 83.5 Å². The van der Waals surface area contributed by atoms with E-state index in [1.807, 2.05) is 0 Å². The summed E-state index contributed by atoms with van der Waals surface area (Å²) in [6.45, 7) is 0. The molecule has 0 fully saturated rings. The second kappa shape index (κ2) is 15.6. The summed E-state index contributed by atoms with van der Waals surface area (Å²) in [5, 5.41) is 0. The molecule has 11 aromatic carbocycles. The summed E-state index contributed by atoms with van der Waals surface area (Å²) < 4.78 is 0. The lowest BCUT2D eigenvalue weighted by Crippen LogP contribution is -2.29. The number of rotatable bonds is 5. The van der Waals surface area contributed by atoms with E-state index in [0.29, 0.717) is 0 Å². The van der Waals surface area contributed by atoms with Gasteiger partial charge in [-0.05, 0) is 126 Å². The smallest absolute Gasteiger partial charge is 0.0781 e. The van der Waals surface area contributed by atoms with E-state index >= 15 is 0 Å². The lowest BCUT2D eigenvalue weighted by molar-refractivity contribution is 0.775. The lowest BCUT2D eigenvalue weighted by Gasteiger charge is -2.37. The van der Waals surface area contributed by atoms with Gasteiger partial charge in [-0.2, -0.15) is 0 Å². The molecule has 11 aromatic rings. The highest BCUT2D eigenvalue weighted by Gasteiger charge is 2.50. The van der Waals surface area contributed by atoms with Gasteiger partial charge >= 0.3 is 0 Å². The Morgan fingerprint density at radius 2 is 0.710 bits per heavy atom. The Morgan fingerprint density at radius 3 is 1.35 bits per heavy atom. The van der Waals surface area contributed by atoms with Crippen LogP contribution in [0.2, 0.25) is 0 Å². The minimum absolute atomic E-state index is 0.632. The first kappa shape index (κ1) is 39.2. The highest BCUT2D eigenvalue weighted by molar-refractivity contribution is 6.08. The Kier molecular flexibility index (Phi) is 8.84. The van der Waals surface area contributed by atoms with Gasteiger partial charge in [-0.1, -0.05) is 218 Å². The fourth-order valence-corrected chi connectivity index (χ4v) is 12.0. The molecule has 1 spiro atoms. The molecule has 0 amide bonds. The Balaban J connectivity index is 1.10. The number of para-hydroxylation sites is 3. The van der Waals surface area contributed by atoms with Gasteiger partial charge in [0.2, 0.25) is 0 Å². The van der Waals surface area contributed by atoms with Crippen LogP contribution in [0.15, 0.2) is 267 Å². The maximum absolute atomic E-state index is 2.53. The molecule has 3 aliphatic rings. The molecule has 69 heavy (non-hydrogen) atoms. The maximum Gasteiger partial charge on any atom is 0.0781 e. The first-order valence-electron chi connectivity index (χ1n) is 23.9. The minimum Gasteiger partial charge on any atom is -0.308 e. The molecule has 0 bridgehead atoms. The first-order chi connectivity index (χ1) is 34.3. The van der Waals surface area contributed by atoms with Crippen LogP contribution in [0, 0.1) is 0 Å². The van der Waals surface area contributed by atoms with E-state index in [9.17, 15) is 0 Å². The van der Waals surface area contributed by atoms with Crippen molar-refractivity contribution in [2.24, 2.45) is 0 Å². The van der Waals surface area contributed by atoms with Gasteiger partial charge in [0.15, 0.2) is 0 Å². The standard InChI is InChI=1S/C67H44N2/c1-3-21-45(22-4-1)46-23-19-26-48(43-46)68(65-40-20-35-59-53-30-10-9-29-52(53)58-34-14-18-39-64(58)69(66(59)65)47-24-5-2-6-25-47)49-41-42-57-56-33-13-17-38-62(56)67(63(57)44-49)60-36-15-11-31-54(60)50-27-7-8-28-51(50)55-32-12-16-37-61(55)67/h1-44H. The van der Waals surface area contributed by atoms with Crippen molar-refractivity contribution in [1.29, 1.82) is 0 Å². The molecule has 1 aliphatic heterocycles. The van der Waals surface area contributed by atoms with Crippen molar-refractivity contribution in [2.75, 3.05) is 9.80 Å². The zero-order valence-corrected chi connectivity index (χ0v) is 37.8. The third-order valence-corrected chi connectivity index (χ3v) is 14.8. The normalized spacial score (nSPS) is 13.0. The van der Waals surface area contributed by atoms with Crippen molar-refractivity contribution in [3.8, 4) is 66.8 Å². The van der Waals surface area contributed by atoms with Crippen molar-refractivity contribution in [3.63, 3.8) is 0 Å². The number of benzene rings is 11. The highest BCUT2D eigenvalue weighted by Crippen LogP contribution is 2.63. The van der Waals surface area contributed by atoms with E-state index in [-0.39, 0.29) is 0 Å². The van der Waals surface area contributed by atoms with Crippen LogP contribution in [0.3, 0.4) is 0 Å². The summed E-state index contributed by atoms with van der Waals surface area (Å²) in [5.41, 5.74) is 25.8. The predicted molar refractivity (Wildman–Crippen MR) is 287 cm³/mol. The molecule has 14 rings (SSSR count). The summed E-state index contributed by atoms with van der Waals surface area (Å²) in [7, 11) is 0. The third-order valence-electron chi connectivity index (χ3n) is 14.8. The molecular formula is C67H44N2. The molecule has 2 heteroatoms. The average molecular weight is 877 g/mol. The van der Waals surface area contributed by atoms with Crippen LogP contribution in [0.1, 0.15) is 22.3 Å². The molecule has 0 saturated carbocycles. The largest absolute Gasteiger partial charge is 0.308 e. The summed E-state index contributed by atoms with van der Waals surface area (Å²) in [6, 6.07) is 99.1. The Morgan fingerprint density at radius 1 is 0.275 bits per heavy atom. The highest BCUT2D eigenvalue weighted by atomic mass is 15.2. The second-order valence-electron chi connectivity index (χ2n) is 18.3. The molecule has 0 N–H and O–H groups in total. The summed E-state index contributed by atoms with van der Waals surface area (Å²) in [6.07, 6.45) is 0. The van der Waals surface area contributed by atoms with Crippen molar-refractivity contribution in [1.82, 2.24) is 0 Å². The topological polar surface area (TPSA) is 6.48 Å². The van der Waals surface area contributed by atoms with E-state index in [4.69, 9.17) is 0 Å². The Hall–Kier alpha value is -8.98. The van der Waals surface area contributed by atoms with E-state index < -0.39 is 5.41 Å². The fraction of sp³-hybridized carbons (Fsp3) is 0.0149. The fourth-order valence-electron chi connectivity index (χ4n) is 12.0. The zero-order valence-electron chi connectivity index (χ0n) is 37.8. The monoisotopic (exact) mass is 876 g/mol. The van der Waals surface area contributed by atoms with Gasteiger partial charge in [-0.15, -0.1) is 0 Å². The first-order valence-corrected chi connectivity index (χ1v) is 23.9. The number of hydrogen-bond donors (Lipinski definition) is 0. The van der Waals surface area contributed by atoms with Gasteiger partial charge in [0.05, 0.1) is 22.5 Å².